The van der Waals surface area contributed by atoms with Crippen LogP contribution in [0.1, 0.15) is 42.6 Å². The van der Waals surface area contributed by atoms with Gasteiger partial charge in [0.15, 0.2) is 0 Å². The van der Waals surface area contributed by atoms with Gasteiger partial charge in [0.1, 0.15) is 0 Å². The molecule has 148 valence electrons. The van der Waals surface area contributed by atoms with E-state index in [0.29, 0.717) is 5.56 Å². The molecule has 2 aromatic rings. The monoisotopic (exact) mass is 379 g/mol. The van der Waals surface area contributed by atoms with Crippen molar-refractivity contribution in [1.29, 1.82) is 0 Å². The highest BCUT2D eigenvalue weighted by molar-refractivity contribution is 6.04. The summed E-state index contributed by atoms with van der Waals surface area (Å²) in [6, 6.07) is 17.6. The van der Waals surface area contributed by atoms with Gasteiger partial charge in [-0.3, -0.25) is 14.5 Å². The summed E-state index contributed by atoms with van der Waals surface area (Å²) in [5.74, 6) is 0.0814. The van der Waals surface area contributed by atoms with Crippen LogP contribution in [0, 0.1) is 5.92 Å². The molecular weight excluding hydrogens is 350 g/mol. The molecule has 2 aromatic carbocycles. The highest BCUT2D eigenvalue weighted by Gasteiger charge is 2.21. The second-order valence-corrected chi connectivity index (χ2v) is 7.73. The Kier molecular flexibility index (Phi) is 6.82. The third-order valence-corrected chi connectivity index (χ3v) is 5.11. The molecule has 0 aliphatic carbocycles. The third kappa shape index (κ3) is 5.67. The van der Waals surface area contributed by atoms with Crippen molar-refractivity contribution in [3.05, 3.63) is 65.7 Å². The van der Waals surface area contributed by atoms with Crippen molar-refractivity contribution in [1.82, 2.24) is 10.2 Å². The first-order valence-corrected chi connectivity index (χ1v) is 9.99. The Balaban J connectivity index is 1.47. The molecule has 0 unspecified atom stereocenters. The highest BCUT2D eigenvalue weighted by Crippen LogP contribution is 2.16. The van der Waals surface area contributed by atoms with Gasteiger partial charge >= 0.3 is 0 Å². The molecule has 1 saturated heterocycles. The second-order valence-electron chi connectivity index (χ2n) is 7.73. The van der Waals surface area contributed by atoms with E-state index in [1.54, 1.807) is 0 Å². The molecule has 1 heterocycles. The zero-order chi connectivity index (χ0) is 19.9. The van der Waals surface area contributed by atoms with E-state index in [1.807, 2.05) is 68.4 Å². The summed E-state index contributed by atoms with van der Waals surface area (Å²) in [5, 5.41) is 6.04. The molecule has 2 amide bonds. The zero-order valence-corrected chi connectivity index (χ0v) is 16.7. The Morgan fingerprint density at radius 1 is 1.00 bits per heavy atom. The van der Waals surface area contributed by atoms with Gasteiger partial charge in [-0.2, -0.15) is 0 Å². The van der Waals surface area contributed by atoms with Crippen molar-refractivity contribution in [2.45, 2.75) is 39.3 Å². The van der Waals surface area contributed by atoms with Crippen molar-refractivity contribution in [2.24, 2.45) is 5.92 Å². The molecule has 5 heteroatoms. The minimum atomic E-state index is -0.0977. The van der Waals surface area contributed by atoms with Gasteiger partial charge in [-0.05, 0) is 42.7 Å². The number of likely N-dealkylation sites (tertiary alicyclic amines) is 1. The first-order valence-electron chi connectivity index (χ1n) is 9.99. The van der Waals surface area contributed by atoms with E-state index >= 15 is 0 Å². The summed E-state index contributed by atoms with van der Waals surface area (Å²) in [7, 11) is 0. The molecule has 1 fully saturated rings. The standard InChI is InChI=1S/C23H29N3O2/c1-17(2)22(27)24-21-12-14-26(15-13-21)16-18-8-10-19(11-9-18)23(28)25-20-6-4-3-5-7-20/h3-11,17,21H,12-16H2,1-2H3,(H,24,27)(H,25,28). The van der Waals surface area contributed by atoms with E-state index < -0.39 is 0 Å². The topological polar surface area (TPSA) is 61.4 Å². The predicted octanol–water partition coefficient (Wildman–Crippen LogP) is 3.68. The maximum Gasteiger partial charge on any atom is 0.255 e. The molecular formula is C23H29N3O2. The lowest BCUT2D eigenvalue weighted by Gasteiger charge is -2.32. The number of para-hydroxylation sites is 1. The number of hydrogen-bond donors (Lipinski definition) is 2. The van der Waals surface area contributed by atoms with Gasteiger partial charge in [-0.25, -0.2) is 0 Å². The van der Waals surface area contributed by atoms with E-state index in [2.05, 4.69) is 15.5 Å². The first kappa shape index (κ1) is 20.1. The molecule has 2 N–H and O–H groups in total. The minimum absolute atomic E-state index is 0.0376. The van der Waals surface area contributed by atoms with Crippen LogP contribution in [-0.4, -0.2) is 35.8 Å². The van der Waals surface area contributed by atoms with E-state index in [-0.39, 0.29) is 23.8 Å². The fourth-order valence-electron chi connectivity index (χ4n) is 3.35. The zero-order valence-electron chi connectivity index (χ0n) is 16.7. The van der Waals surface area contributed by atoms with Crippen molar-refractivity contribution in [2.75, 3.05) is 18.4 Å². The number of nitrogens with one attached hydrogen (secondary N) is 2. The van der Waals surface area contributed by atoms with E-state index in [1.165, 1.54) is 5.56 Å². The number of piperidine rings is 1. The smallest absolute Gasteiger partial charge is 0.255 e. The fourth-order valence-corrected chi connectivity index (χ4v) is 3.35. The average Bonchev–Trinajstić information content (AvgIpc) is 2.70. The van der Waals surface area contributed by atoms with Crippen molar-refractivity contribution in [3.8, 4) is 0 Å². The molecule has 0 spiro atoms. The van der Waals surface area contributed by atoms with Crippen LogP contribution >= 0.6 is 0 Å². The number of nitrogens with zero attached hydrogens (tertiary/aromatic N) is 1. The highest BCUT2D eigenvalue weighted by atomic mass is 16.2. The number of hydrogen-bond acceptors (Lipinski definition) is 3. The summed E-state index contributed by atoms with van der Waals surface area (Å²) in [6.45, 7) is 6.66. The molecule has 28 heavy (non-hydrogen) atoms. The van der Waals surface area contributed by atoms with E-state index in [9.17, 15) is 9.59 Å². The Labute approximate surface area is 167 Å². The van der Waals surface area contributed by atoms with Gasteiger partial charge in [0.05, 0.1) is 0 Å². The molecule has 0 bridgehead atoms. The molecule has 5 nitrogen and oxygen atoms in total. The normalized spacial score (nSPS) is 15.4. The lowest BCUT2D eigenvalue weighted by molar-refractivity contribution is -0.125. The maximum absolute atomic E-state index is 12.3. The van der Waals surface area contributed by atoms with Crippen LogP contribution in [0.15, 0.2) is 54.6 Å². The number of rotatable bonds is 6. The third-order valence-electron chi connectivity index (χ3n) is 5.11. The van der Waals surface area contributed by atoms with Crippen molar-refractivity contribution >= 4 is 17.5 Å². The Morgan fingerprint density at radius 3 is 2.25 bits per heavy atom. The van der Waals surface area contributed by atoms with E-state index in [0.717, 1.165) is 38.2 Å². The van der Waals surface area contributed by atoms with Gasteiger partial charge in [0.2, 0.25) is 5.91 Å². The van der Waals surface area contributed by atoms with Gasteiger partial charge in [0, 0.05) is 42.8 Å². The van der Waals surface area contributed by atoms with Crippen LogP contribution in [0.3, 0.4) is 0 Å². The molecule has 1 aliphatic heterocycles. The Morgan fingerprint density at radius 2 is 1.64 bits per heavy atom. The molecule has 1 aliphatic rings. The van der Waals surface area contributed by atoms with Crippen LogP contribution in [0.25, 0.3) is 0 Å². The average molecular weight is 380 g/mol. The maximum atomic E-state index is 12.3. The predicted molar refractivity (Wildman–Crippen MR) is 112 cm³/mol. The minimum Gasteiger partial charge on any atom is -0.353 e. The van der Waals surface area contributed by atoms with Gasteiger partial charge < -0.3 is 10.6 Å². The molecule has 0 radical (unpaired) electrons. The number of amides is 2. The van der Waals surface area contributed by atoms with Crippen LogP contribution < -0.4 is 10.6 Å². The molecule has 0 atom stereocenters. The largest absolute Gasteiger partial charge is 0.353 e. The molecule has 0 aromatic heterocycles. The summed E-state index contributed by atoms with van der Waals surface area (Å²) < 4.78 is 0. The van der Waals surface area contributed by atoms with Crippen LogP contribution in [-0.2, 0) is 11.3 Å². The van der Waals surface area contributed by atoms with Crippen molar-refractivity contribution in [3.63, 3.8) is 0 Å². The second kappa shape index (κ2) is 9.51. The first-order chi connectivity index (χ1) is 13.5. The van der Waals surface area contributed by atoms with Crippen LogP contribution in [0.2, 0.25) is 0 Å². The van der Waals surface area contributed by atoms with Crippen LogP contribution in [0.4, 0.5) is 5.69 Å². The SMILES string of the molecule is CC(C)C(=O)NC1CCN(Cc2ccc(C(=O)Nc3ccccc3)cc2)CC1. The molecule has 3 rings (SSSR count). The Bertz CT molecular complexity index is 779. The number of benzene rings is 2. The summed E-state index contributed by atoms with van der Waals surface area (Å²) in [4.78, 5) is 26.6. The number of anilines is 1. The lowest BCUT2D eigenvalue weighted by atomic mass is 10.0. The van der Waals surface area contributed by atoms with Crippen molar-refractivity contribution < 1.29 is 9.59 Å². The van der Waals surface area contributed by atoms with Gasteiger partial charge in [-0.1, -0.05) is 44.2 Å². The summed E-state index contributed by atoms with van der Waals surface area (Å²) in [5.41, 5.74) is 2.65. The Hall–Kier alpha value is -2.66. The molecule has 0 saturated carbocycles. The number of carbonyl (C=O) groups is 2. The van der Waals surface area contributed by atoms with Gasteiger partial charge in [0.25, 0.3) is 5.91 Å². The van der Waals surface area contributed by atoms with E-state index in [4.69, 9.17) is 0 Å². The summed E-state index contributed by atoms with van der Waals surface area (Å²) in [6.07, 6.45) is 1.96. The lowest BCUT2D eigenvalue weighted by Crippen LogP contribution is -2.45. The quantitative estimate of drug-likeness (QED) is 0.805. The van der Waals surface area contributed by atoms with Crippen LogP contribution in [0.5, 0.6) is 0 Å². The van der Waals surface area contributed by atoms with Gasteiger partial charge in [-0.15, -0.1) is 0 Å². The number of carbonyl (C=O) groups excluding carboxylic acids is 2. The summed E-state index contributed by atoms with van der Waals surface area (Å²) >= 11 is 0. The fraction of sp³-hybridized carbons (Fsp3) is 0.391.